The van der Waals surface area contributed by atoms with E-state index in [-0.39, 0.29) is 0 Å². The zero-order chi connectivity index (χ0) is 9.26. The minimum Gasteiger partial charge on any atom is -0.398 e. The third kappa shape index (κ3) is 1.36. The third-order valence-electron chi connectivity index (χ3n) is 1.70. The molecule has 0 bridgehead atoms. The smallest absolute Gasteiger partial charge is 0.159 e. The molecule has 5 heteroatoms. The van der Waals surface area contributed by atoms with Crippen LogP contribution in [0.5, 0.6) is 0 Å². The molecule has 13 heavy (non-hydrogen) atoms. The summed E-state index contributed by atoms with van der Waals surface area (Å²) in [4.78, 5) is 3.98. The Morgan fingerprint density at radius 2 is 2.23 bits per heavy atom. The summed E-state index contributed by atoms with van der Waals surface area (Å²) in [5.41, 5.74) is 7.02. The topological polar surface area (TPSA) is 67.6 Å². The Kier molecular flexibility index (Phi) is 1.90. The fourth-order valence-corrected chi connectivity index (χ4v) is 1.39. The maximum Gasteiger partial charge on any atom is 0.159 e. The lowest BCUT2D eigenvalue weighted by molar-refractivity contribution is 1.10. The second kappa shape index (κ2) is 3.06. The Morgan fingerprint density at radius 1 is 1.38 bits per heavy atom. The summed E-state index contributed by atoms with van der Waals surface area (Å²) >= 11 is 5.95. The van der Waals surface area contributed by atoms with Crippen LogP contribution in [0.4, 0.5) is 5.69 Å². The van der Waals surface area contributed by atoms with Crippen molar-refractivity contribution in [3.63, 3.8) is 0 Å². The summed E-state index contributed by atoms with van der Waals surface area (Å²) in [6.45, 7) is 0. The first-order chi connectivity index (χ1) is 6.29. The van der Waals surface area contributed by atoms with Crippen molar-refractivity contribution in [2.24, 2.45) is 0 Å². The van der Waals surface area contributed by atoms with Crippen LogP contribution in [0, 0.1) is 0 Å². The van der Waals surface area contributed by atoms with Gasteiger partial charge in [-0.3, -0.25) is 5.10 Å². The number of anilines is 1. The predicted molar refractivity (Wildman–Crippen MR) is 51.2 cm³/mol. The number of halogens is 1. The molecule has 1 heterocycles. The second-order valence-corrected chi connectivity index (χ2v) is 2.95. The van der Waals surface area contributed by atoms with Gasteiger partial charge < -0.3 is 5.73 Å². The molecule has 0 amide bonds. The molecule has 0 atom stereocenters. The molecule has 0 spiro atoms. The maximum atomic E-state index is 5.95. The van der Waals surface area contributed by atoms with E-state index in [1.165, 1.54) is 6.33 Å². The maximum absolute atomic E-state index is 5.95. The lowest BCUT2D eigenvalue weighted by Crippen LogP contribution is -1.91. The second-order valence-electron chi connectivity index (χ2n) is 2.54. The largest absolute Gasteiger partial charge is 0.398 e. The first kappa shape index (κ1) is 8.07. The van der Waals surface area contributed by atoms with E-state index in [0.29, 0.717) is 22.1 Å². The lowest BCUT2D eigenvalue weighted by Gasteiger charge is -2.03. The van der Waals surface area contributed by atoms with Gasteiger partial charge in [-0.05, 0) is 12.1 Å². The van der Waals surface area contributed by atoms with Crippen LogP contribution in [0.15, 0.2) is 24.5 Å². The number of aromatic nitrogens is 3. The van der Waals surface area contributed by atoms with E-state index in [0.717, 1.165) is 0 Å². The summed E-state index contributed by atoms with van der Waals surface area (Å²) in [7, 11) is 0. The van der Waals surface area contributed by atoms with Crippen LogP contribution < -0.4 is 5.73 Å². The Labute approximate surface area is 79.7 Å². The molecule has 1 aromatic heterocycles. The first-order valence-electron chi connectivity index (χ1n) is 3.69. The number of benzene rings is 1. The van der Waals surface area contributed by atoms with Crippen molar-refractivity contribution in [1.29, 1.82) is 0 Å². The highest BCUT2D eigenvalue weighted by molar-refractivity contribution is 6.33. The molecule has 0 aliphatic carbocycles. The minimum atomic E-state index is 0.566. The highest BCUT2D eigenvalue weighted by Gasteiger charge is 2.08. The van der Waals surface area contributed by atoms with E-state index < -0.39 is 0 Å². The highest BCUT2D eigenvalue weighted by Crippen LogP contribution is 2.29. The Morgan fingerprint density at radius 3 is 2.85 bits per heavy atom. The number of H-pyrrole nitrogens is 1. The minimum absolute atomic E-state index is 0.566. The van der Waals surface area contributed by atoms with Crippen LogP contribution in [0.1, 0.15) is 0 Å². The Hall–Kier alpha value is -1.55. The van der Waals surface area contributed by atoms with Gasteiger partial charge in [-0.2, -0.15) is 5.10 Å². The van der Waals surface area contributed by atoms with E-state index in [4.69, 9.17) is 17.3 Å². The number of rotatable bonds is 1. The average Bonchev–Trinajstić information content (AvgIpc) is 2.57. The van der Waals surface area contributed by atoms with Gasteiger partial charge in [0.25, 0.3) is 0 Å². The Balaban J connectivity index is 2.64. The van der Waals surface area contributed by atoms with Gasteiger partial charge in [0.05, 0.1) is 10.6 Å². The molecule has 0 aliphatic rings. The van der Waals surface area contributed by atoms with Crippen molar-refractivity contribution in [3.8, 4) is 11.4 Å². The van der Waals surface area contributed by atoms with Gasteiger partial charge in [0, 0.05) is 5.69 Å². The molecule has 3 N–H and O–H groups in total. The lowest BCUT2D eigenvalue weighted by atomic mass is 10.2. The zero-order valence-corrected chi connectivity index (χ0v) is 7.42. The number of hydrogen-bond donors (Lipinski definition) is 2. The van der Waals surface area contributed by atoms with E-state index in [2.05, 4.69) is 15.2 Å². The van der Waals surface area contributed by atoms with Gasteiger partial charge in [0.1, 0.15) is 6.33 Å². The Bertz CT molecular complexity index is 390. The number of nitrogens with zero attached hydrogens (tertiary/aromatic N) is 2. The zero-order valence-electron chi connectivity index (χ0n) is 6.66. The molecule has 1 aromatic carbocycles. The van der Waals surface area contributed by atoms with Gasteiger partial charge in [-0.1, -0.05) is 17.7 Å². The molecule has 2 rings (SSSR count). The number of hydrogen-bond acceptors (Lipinski definition) is 3. The summed E-state index contributed by atoms with van der Waals surface area (Å²) in [5.74, 6) is 0.586. The molecule has 0 fully saturated rings. The summed E-state index contributed by atoms with van der Waals surface area (Å²) in [6.07, 6.45) is 1.41. The third-order valence-corrected chi connectivity index (χ3v) is 2.01. The fourth-order valence-electron chi connectivity index (χ4n) is 1.12. The van der Waals surface area contributed by atoms with Crippen LogP contribution in [0.2, 0.25) is 5.02 Å². The van der Waals surface area contributed by atoms with Crippen LogP contribution in [0.25, 0.3) is 11.4 Å². The summed E-state index contributed by atoms with van der Waals surface area (Å²) < 4.78 is 0. The normalized spacial score (nSPS) is 10.2. The standard InChI is InChI=1S/C8H7ClN4/c9-5-2-1-3-6(10)7(5)8-11-4-12-13-8/h1-4H,10H2,(H,11,12,13). The van der Waals surface area contributed by atoms with E-state index >= 15 is 0 Å². The van der Waals surface area contributed by atoms with Crippen molar-refractivity contribution in [2.75, 3.05) is 5.73 Å². The van der Waals surface area contributed by atoms with E-state index in [1.54, 1.807) is 18.2 Å². The van der Waals surface area contributed by atoms with Crippen LogP contribution in [0.3, 0.4) is 0 Å². The molecular weight excluding hydrogens is 188 g/mol. The highest BCUT2D eigenvalue weighted by atomic mass is 35.5. The van der Waals surface area contributed by atoms with Gasteiger partial charge in [0.15, 0.2) is 5.82 Å². The van der Waals surface area contributed by atoms with Crippen molar-refractivity contribution < 1.29 is 0 Å². The van der Waals surface area contributed by atoms with Crippen molar-refractivity contribution >= 4 is 17.3 Å². The molecule has 0 saturated heterocycles. The first-order valence-corrected chi connectivity index (χ1v) is 4.06. The van der Waals surface area contributed by atoms with Gasteiger partial charge in [-0.15, -0.1) is 0 Å². The van der Waals surface area contributed by atoms with Gasteiger partial charge in [0.2, 0.25) is 0 Å². The van der Waals surface area contributed by atoms with Crippen LogP contribution >= 0.6 is 11.6 Å². The van der Waals surface area contributed by atoms with Crippen molar-refractivity contribution in [3.05, 3.63) is 29.5 Å². The van der Waals surface area contributed by atoms with Crippen LogP contribution in [-0.4, -0.2) is 15.2 Å². The average molecular weight is 195 g/mol. The molecule has 0 saturated carbocycles. The van der Waals surface area contributed by atoms with Gasteiger partial charge in [-0.25, -0.2) is 4.98 Å². The quantitative estimate of drug-likeness (QED) is 0.679. The monoisotopic (exact) mass is 194 g/mol. The molecule has 0 aliphatic heterocycles. The molecule has 4 nitrogen and oxygen atoms in total. The SMILES string of the molecule is Nc1cccc(Cl)c1-c1ncn[nH]1. The molecule has 0 radical (unpaired) electrons. The van der Waals surface area contributed by atoms with Crippen molar-refractivity contribution in [1.82, 2.24) is 15.2 Å². The van der Waals surface area contributed by atoms with E-state index in [1.807, 2.05) is 0 Å². The molecule has 2 aromatic rings. The van der Waals surface area contributed by atoms with Crippen molar-refractivity contribution in [2.45, 2.75) is 0 Å². The number of nitrogens with one attached hydrogen (secondary N) is 1. The summed E-state index contributed by atoms with van der Waals surface area (Å²) in [5, 5.41) is 7.01. The number of nitrogen functional groups attached to an aromatic ring is 1. The molecule has 66 valence electrons. The molecular formula is C8H7ClN4. The van der Waals surface area contributed by atoms with E-state index in [9.17, 15) is 0 Å². The number of nitrogens with two attached hydrogens (primary N) is 1. The summed E-state index contributed by atoms with van der Waals surface area (Å²) in [6, 6.07) is 5.32. The number of aromatic amines is 1. The molecule has 0 unspecified atom stereocenters. The van der Waals surface area contributed by atoms with Crippen LogP contribution in [-0.2, 0) is 0 Å². The van der Waals surface area contributed by atoms with Gasteiger partial charge >= 0.3 is 0 Å². The predicted octanol–water partition coefficient (Wildman–Crippen LogP) is 1.71. The fraction of sp³-hybridized carbons (Fsp3) is 0.